The van der Waals surface area contributed by atoms with Gasteiger partial charge >= 0.3 is 0 Å². The molecule has 3 rings (SSSR count). The fourth-order valence-electron chi connectivity index (χ4n) is 4.83. The molecule has 0 aliphatic rings. The van der Waals surface area contributed by atoms with E-state index in [4.69, 9.17) is 4.74 Å². The molecule has 0 fully saturated rings. The van der Waals surface area contributed by atoms with Gasteiger partial charge in [-0.25, -0.2) is 0 Å². The largest absolute Gasteiger partial charge is 0.508 e. The number of amides is 3. The van der Waals surface area contributed by atoms with Crippen LogP contribution in [-0.4, -0.2) is 76.2 Å². The summed E-state index contributed by atoms with van der Waals surface area (Å²) < 4.78 is 4.48. The number of aliphatic hydroxyl groups excluding tert-OH is 1. The van der Waals surface area contributed by atoms with Crippen molar-refractivity contribution in [3.8, 4) is 11.5 Å². The number of carbonyl (C=O) groups excluding carboxylic acids is 3. The topological polar surface area (TPSA) is 128 Å². The second kappa shape index (κ2) is 14.9. The van der Waals surface area contributed by atoms with E-state index in [1.807, 2.05) is 62.6 Å². The molecular weight excluding hydrogens is 566 g/mol. The maximum atomic E-state index is 13.8. The van der Waals surface area contributed by atoms with Crippen LogP contribution >= 0.6 is 11.8 Å². The molecule has 10 heteroatoms. The number of thioether (sulfide) groups is 1. The molecule has 0 unspecified atom stereocenters. The van der Waals surface area contributed by atoms with E-state index in [0.29, 0.717) is 11.3 Å². The third kappa shape index (κ3) is 8.52. The number of phenolic OH excluding ortho intramolecular Hbond substituents is 1. The third-order valence-corrected chi connectivity index (χ3v) is 8.87. The predicted molar refractivity (Wildman–Crippen MR) is 169 cm³/mol. The zero-order chi connectivity index (χ0) is 31.7. The van der Waals surface area contributed by atoms with Gasteiger partial charge in [0.25, 0.3) is 11.8 Å². The molecule has 0 saturated carbocycles. The number of carbonyl (C=O) groups is 3. The van der Waals surface area contributed by atoms with Crippen LogP contribution in [0.2, 0.25) is 0 Å². The van der Waals surface area contributed by atoms with E-state index in [1.165, 1.54) is 29.8 Å². The molecule has 0 saturated heterocycles. The first kappa shape index (κ1) is 33.5. The number of ether oxygens (including phenoxy) is 1. The van der Waals surface area contributed by atoms with Crippen LogP contribution in [0.25, 0.3) is 0 Å². The lowest BCUT2D eigenvalue weighted by atomic mass is 9.96. The summed E-state index contributed by atoms with van der Waals surface area (Å²) >= 11 is 1.42. The van der Waals surface area contributed by atoms with Crippen LogP contribution in [0.3, 0.4) is 0 Å². The number of nitrogens with one attached hydrogen (secondary N) is 2. The Morgan fingerprint density at radius 1 is 0.977 bits per heavy atom. The average Bonchev–Trinajstić information content (AvgIpc) is 3.00. The van der Waals surface area contributed by atoms with E-state index in [-0.39, 0.29) is 30.2 Å². The molecule has 230 valence electrons. The number of benzene rings is 3. The molecule has 0 radical (unpaired) electrons. The summed E-state index contributed by atoms with van der Waals surface area (Å²) in [7, 11) is 3.07. The minimum Gasteiger partial charge on any atom is -0.508 e. The highest BCUT2D eigenvalue weighted by Crippen LogP contribution is 2.30. The van der Waals surface area contributed by atoms with Gasteiger partial charge in [-0.3, -0.25) is 14.4 Å². The van der Waals surface area contributed by atoms with Gasteiger partial charge in [-0.2, -0.15) is 11.8 Å². The highest BCUT2D eigenvalue weighted by Gasteiger charge is 2.42. The molecule has 3 aromatic rings. The second-order valence-electron chi connectivity index (χ2n) is 10.9. The summed E-state index contributed by atoms with van der Waals surface area (Å²) in [6.07, 6.45) is 0.348. The van der Waals surface area contributed by atoms with Crippen molar-refractivity contribution in [2.75, 3.05) is 20.4 Å². The maximum Gasteiger partial charge on any atom is 0.254 e. The van der Waals surface area contributed by atoms with Crippen molar-refractivity contribution in [2.45, 2.75) is 56.7 Å². The van der Waals surface area contributed by atoms with Crippen molar-refractivity contribution in [1.82, 2.24) is 15.5 Å². The summed E-state index contributed by atoms with van der Waals surface area (Å²) in [5.74, 6) is -0.960. The lowest BCUT2D eigenvalue weighted by Gasteiger charge is -2.39. The number of hydrogen-bond acceptors (Lipinski definition) is 7. The Labute approximate surface area is 257 Å². The summed E-state index contributed by atoms with van der Waals surface area (Å²) in [4.78, 5) is 42.0. The van der Waals surface area contributed by atoms with Crippen LogP contribution in [0, 0.1) is 6.92 Å². The molecule has 9 nitrogen and oxygen atoms in total. The van der Waals surface area contributed by atoms with Crippen LogP contribution in [-0.2, 0) is 22.6 Å². The summed E-state index contributed by atoms with van der Waals surface area (Å²) in [6, 6.07) is 19.1. The Balaban J connectivity index is 1.86. The standard InChI is InChI=1S/C33H41N3O6S/c1-21-25(13-10-14-27(21)37)30(39)35-26(19-22-11-8-7-9-12-22)28(38)32(41)36(4)29(33(2,3)43-6)31(40)34-20-23-15-17-24(42-5)18-16-23/h7-18,26,28-29,37-38H,19-20H2,1-6H3,(H,34,40)(H,35,39)/t26-,28-,29+/m0/s1. The fourth-order valence-corrected chi connectivity index (χ4v) is 5.32. The zero-order valence-corrected chi connectivity index (χ0v) is 26.3. The van der Waals surface area contributed by atoms with Gasteiger partial charge in [0, 0.05) is 29.5 Å². The molecule has 0 heterocycles. The molecule has 4 N–H and O–H groups in total. The van der Waals surface area contributed by atoms with Crippen molar-refractivity contribution in [3.63, 3.8) is 0 Å². The van der Waals surface area contributed by atoms with Crippen LogP contribution in [0.5, 0.6) is 11.5 Å². The Bertz CT molecular complexity index is 1400. The summed E-state index contributed by atoms with van der Waals surface area (Å²) in [5.41, 5.74) is 2.27. The minimum absolute atomic E-state index is 0.0357. The molecular formula is C33H41N3O6S. The third-order valence-electron chi connectivity index (χ3n) is 7.59. The fraction of sp³-hybridized carbons (Fsp3) is 0.364. The number of nitrogens with zero attached hydrogens (tertiary/aromatic N) is 1. The summed E-state index contributed by atoms with van der Waals surface area (Å²) in [6.45, 7) is 5.58. The van der Waals surface area contributed by atoms with Crippen molar-refractivity contribution in [2.24, 2.45) is 0 Å². The van der Waals surface area contributed by atoms with Gasteiger partial charge in [0.1, 0.15) is 17.5 Å². The lowest BCUT2D eigenvalue weighted by molar-refractivity contribution is -0.147. The van der Waals surface area contributed by atoms with Gasteiger partial charge in [-0.15, -0.1) is 0 Å². The Morgan fingerprint density at radius 2 is 1.63 bits per heavy atom. The number of methoxy groups -OCH3 is 1. The highest BCUT2D eigenvalue weighted by atomic mass is 32.2. The average molecular weight is 608 g/mol. The smallest absolute Gasteiger partial charge is 0.254 e. The molecule has 0 aliphatic heterocycles. The first-order valence-electron chi connectivity index (χ1n) is 13.9. The summed E-state index contributed by atoms with van der Waals surface area (Å²) in [5, 5.41) is 27.3. The quantitative estimate of drug-likeness (QED) is 0.233. The Morgan fingerprint density at radius 3 is 2.23 bits per heavy atom. The Hall–Kier alpha value is -4.02. The Kier molecular flexibility index (Phi) is 11.6. The SMILES string of the molecule is COc1ccc(CNC(=O)[C@@H](N(C)C(=O)[C@@H](O)[C@H](Cc2ccccc2)NC(=O)c2cccc(O)c2C)C(C)(C)SC)cc1. The van der Waals surface area contributed by atoms with E-state index in [2.05, 4.69) is 10.6 Å². The van der Waals surface area contributed by atoms with E-state index < -0.39 is 34.7 Å². The lowest BCUT2D eigenvalue weighted by Crippen LogP contribution is -2.61. The van der Waals surface area contributed by atoms with Crippen molar-refractivity contribution < 1.29 is 29.3 Å². The molecule has 0 spiro atoms. The maximum absolute atomic E-state index is 13.8. The molecule has 0 bridgehead atoms. The van der Waals surface area contributed by atoms with Gasteiger partial charge in [0.05, 0.1) is 13.2 Å². The van der Waals surface area contributed by atoms with Gasteiger partial charge in [0.2, 0.25) is 5.91 Å². The monoisotopic (exact) mass is 607 g/mol. The van der Waals surface area contributed by atoms with Gasteiger partial charge < -0.3 is 30.5 Å². The van der Waals surface area contributed by atoms with Gasteiger partial charge in [0.15, 0.2) is 6.10 Å². The number of rotatable bonds is 13. The number of aliphatic hydroxyl groups is 1. The van der Waals surface area contributed by atoms with Crippen molar-refractivity contribution >= 4 is 29.5 Å². The van der Waals surface area contributed by atoms with Crippen LogP contribution in [0.15, 0.2) is 72.8 Å². The zero-order valence-electron chi connectivity index (χ0n) is 25.5. The number of phenols is 1. The van der Waals surface area contributed by atoms with E-state index in [0.717, 1.165) is 11.1 Å². The molecule has 0 aromatic heterocycles. The molecule has 0 aliphatic carbocycles. The van der Waals surface area contributed by atoms with E-state index >= 15 is 0 Å². The van der Waals surface area contributed by atoms with Gasteiger partial charge in [-0.1, -0.05) is 48.5 Å². The number of aromatic hydroxyl groups is 1. The minimum atomic E-state index is -1.67. The van der Waals surface area contributed by atoms with E-state index in [1.54, 1.807) is 38.3 Å². The second-order valence-corrected chi connectivity index (χ2v) is 12.3. The van der Waals surface area contributed by atoms with Crippen LogP contribution < -0.4 is 15.4 Å². The predicted octanol–water partition coefficient (Wildman–Crippen LogP) is 3.70. The van der Waals surface area contributed by atoms with Crippen molar-refractivity contribution in [3.05, 3.63) is 95.1 Å². The van der Waals surface area contributed by atoms with Crippen LogP contribution in [0.1, 0.15) is 40.9 Å². The first-order valence-corrected chi connectivity index (χ1v) is 15.2. The molecule has 3 amide bonds. The molecule has 3 aromatic carbocycles. The highest BCUT2D eigenvalue weighted by molar-refractivity contribution is 8.00. The van der Waals surface area contributed by atoms with Crippen molar-refractivity contribution in [1.29, 1.82) is 0 Å². The van der Waals surface area contributed by atoms with Crippen LogP contribution in [0.4, 0.5) is 0 Å². The molecule has 3 atom stereocenters. The number of hydrogen-bond donors (Lipinski definition) is 4. The normalized spacial score (nSPS) is 13.4. The number of likely N-dealkylation sites (N-methyl/N-ethyl adjacent to an activating group) is 1. The van der Waals surface area contributed by atoms with Gasteiger partial charge in [-0.05, 0) is 68.8 Å². The molecule has 43 heavy (non-hydrogen) atoms. The first-order chi connectivity index (χ1) is 20.4. The van der Waals surface area contributed by atoms with E-state index in [9.17, 15) is 24.6 Å².